The highest BCUT2D eigenvalue weighted by Crippen LogP contribution is 2.20. The van der Waals surface area contributed by atoms with Crippen LogP contribution < -0.4 is 10.6 Å². The van der Waals surface area contributed by atoms with Crippen LogP contribution in [0.15, 0.2) is 30.5 Å². The summed E-state index contributed by atoms with van der Waals surface area (Å²) in [6, 6.07) is 7.33. The number of hydrogen-bond donors (Lipinski definition) is 3. The second-order valence-corrected chi connectivity index (χ2v) is 5.44. The minimum atomic E-state index is -0.976. The van der Waals surface area contributed by atoms with Crippen LogP contribution in [0.4, 0.5) is 11.8 Å². The third-order valence-electron chi connectivity index (χ3n) is 3.59. The molecular weight excluding hydrogens is 310 g/mol. The summed E-state index contributed by atoms with van der Waals surface area (Å²) in [6.45, 7) is 1.19. The second kappa shape index (κ2) is 7.69. The first kappa shape index (κ1) is 16.1. The fraction of sp³-hybridized carbons (Fsp3) is 0.375. The summed E-state index contributed by atoms with van der Waals surface area (Å²) in [7, 11) is 0. The lowest BCUT2D eigenvalue weighted by Gasteiger charge is -2.13. The first-order chi connectivity index (χ1) is 11.7. The smallest absolute Gasteiger partial charge is 0.322 e. The number of ether oxygens (including phenoxy) is 1. The molecule has 0 spiro atoms. The van der Waals surface area contributed by atoms with Gasteiger partial charge >= 0.3 is 5.97 Å². The van der Waals surface area contributed by atoms with Gasteiger partial charge < -0.3 is 20.5 Å². The Labute approximate surface area is 139 Å². The Morgan fingerprint density at radius 1 is 1.29 bits per heavy atom. The molecule has 126 valence electrons. The van der Waals surface area contributed by atoms with Gasteiger partial charge in [-0.1, -0.05) is 6.07 Å². The van der Waals surface area contributed by atoms with Crippen molar-refractivity contribution >= 4 is 17.7 Å². The molecule has 8 heteroatoms. The standard InChI is InChI=1S/C16H19N5O3/c22-15(23)10-19-16-20-13(12-5-1-2-6-17-12)8-14(21-16)18-9-11-4-3-7-24-11/h1-2,5-6,8,11H,3-4,7,9-10H2,(H,22,23)(H2,18,19,20,21)/t11-/m1/s1. The third-order valence-corrected chi connectivity index (χ3v) is 3.59. The van der Waals surface area contributed by atoms with E-state index in [0.29, 0.717) is 23.8 Å². The summed E-state index contributed by atoms with van der Waals surface area (Å²) >= 11 is 0. The van der Waals surface area contributed by atoms with Crippen molar-refractivity contribution in [3.05, 3.63) is 30.5 Å². The van der Waals surface area contributed by atoms with Gasteiger partial charge in [-0.3, -0.25) is 9.78 Å². The van der Waals surface area contributed by atoms with Gasteiger partial charge in [0, 0.05) is 25.4 Å². The molecule has 0 aromatic carbocycles. The van der Waals surface area contributed by atoms with E-state index in [-0.39, 0.29) is 18.6 Å². The number of pyridine rings is 1. The molecule has 1 aliphatic rings. The molecule has 1 aliphatic heterocycles. The van der Waals surface area contributed by atoms with Gasteiger partial charge in [-0.2, -0.15) is 4.98 Å². The maximum absolute atomic E-state index is 10.7. The number of nitrogens with zero attached hydrogens (tertiary/aromatic N) is 3. The SMILES string of the molecule is O=C(O)CNc1nc(NC[C@H]2CCCO2)cc(-c2ccccn2)n1. The topological polar surface area (TPSA) is 109 Å². The maximum atomic E-state index is 10.7. The molecule has 3 rings (SSSR count). The molecule has 0 radical (unpaired) electrons. The van der Waals surface area contributed by atoms with Crippen LogP contribution in [0.25, 0.3) is 11.4 Å². The van der Waals surface area contributed by atoms with Gasteiger partial charge in [-0.05, 0) is 25.0 Å². The van der Waals surface area contributed by atoms with Crippen LogP contribution >= 0.6 is 0 Å². The molecule has 0 saturated carbocycles. The molecule has 0 amide bonds. The van der Waals surface area contributed by atoms with Crippen molar-refractivity contribution < 1.29 is 14.6 Å². The first-order valence-electron chi connectivity index (χ1n) is 7.82. The molecule has 8 nitrogen and oxygen atoms in total. The lowest BCUT2D eigenvalue weighted by Crippen LogP contribution is -2.20. The number of rotatable bonds is 7. The molecule has 0 unspecified atom stereocenters. The van der Waals surface area contributed by atoms with Gasteiger partial charge in [0.05, 0.1) is 17.5 Å². The molecule has 1 fully saturated rings. The Hall–Kier alpha value is -2.74. The van der Waals surface area contributed by atoms with Gasteiger partial charge in [0.25, 0.3) is 0 Å². The average molecular weight is 329 g/mol. The Bertz CT molecular complexity index is 689. The first-order valence-corrected chi connectivity index (χ1v) is 7.82. The Balaban J connectivity index is 1.80. The van der Waals surface area contributed by atoms with Crippen LogP contribution in [-0.2, 0) is 9.53 Å². The van der Waals surface area contributed by atoms with E-state index in [0.717, 1.165) is 19.4 Å². The summed E-state index contributed by atoms with van der Waals surface area (Å²) in [6.07, 6.45) is 3.95. The monoisotopic (exact) mass is 329 g/mol. The molecule has 0 aliphatic carbocycles. The summed E-state index contributed by atoms with van der Waals surface area (Å²) in [5, 5.41) is 14.8. The van der Waals surface area contributed by atoms with Crippen molar-refractivity contribution in [2.45, 2.75) is 18.9 Å². The average Bonchev–Trinajstić information content (AvgIpc) is 3.12. The molecule has 2 aromatic heterocycles. The quantitative estimate of drug-likeness (QED) is 0.703. The van der Waals surface area contributed by atoms with Crippen LogP contribution in [0.1, 0.15) is 12.8 Å². The van der Waals surface area contributed by atoms with E-state index in [1.807, 2.05) is 18.2 Å². The van der Waals surface area contributed by atoms with Crippen molar-refractivity contribution in [3.63, 3.8) is 0 Å². The van der Waals surface area contributed by atoms with E-state index < -0.39 is 5.97 Å². The lowest BCUT2D eigenvalue weighted by atomic mass is 10.2. The molecule has 0 bridgehead atoms. The van der Waals surface area contributed by atoms with Crippen LogP contribution in [0.2, 0.25) is 0 Å². The number of carbonyl (C=O) groups is 1. The number of aliphatic carboxylic acids is 1. The molecule has 24 heavy (non-hydrogen) atoms. The van der Waals surface area contributed by atoms with E-state index >= 15 is 0 Å². The number of nitrogens with one attached hydrogen (secondary N) is 2. The minimum absolute atomic E-state index is 0.175. The maximum Gasteiger partial charge on any atom is 0.322 e. The molecule has 3 heterocycles. The van der Waals surface area contributed by atoms with Crippen molar-refractivity contribution in [3.8, 4) is 11.4 Å². The Morgan fingerprint density at radius 3 is 2.92 bits per heavy atom. The van der Waals surface area contributed by atoms with Gasteiger partial charge in [0.2, 0.25) is 5.95 Å². The molecule has 3 N–H and O–H groups in total. The molecule has 1 saturated heterocycles. The van der Waals surface area contributed by atoms with Crippen molar-refractivity contribution in [2.75, 3.05) is 30.3 Å². The van der Waals surface area contributed by atoms with E-state index in [1.165, 1.54) is 0 Å². The minimum Gasteiger partial charge on any atom is -0.480 e. The summed E-state index contributed by atoms with van der Waals surface area (Å²) < 4.78 is 5.59. The summed E-state index contributed by atoms with van der Waals surface area (Å²) in [4.78, 5) is 23.7. The summed E-state index contributed by atoms with van der Waals surface area (Å²) in [5.41, 5.74) is 1.31. The zero-order chi connectivity index (χ0) is 16.8. The highest BCUT2D eigenvalue weighted by atomic mass is 16.5. The van der Waals surface area contributed by atoms with E-state index in [4.69, 9.17) is 9.84 Å². The van der Waals surface area contributed by atoms with Crippen LogP contribution in [0, 0.1) is 0 Å². The Morgan fingerprint density at radius 2 is 2.21 bits per heavy atom. The van der Waals surface area contributed by atoms with E-state index in [1.54, 1.807) is 12.3 Å². The Kier molecular flexibility index (Phi) is 5.17. The van der Waals surface area contributed by atoms with Gasteiger partial charge in [0.15, 0.2) is 0 Å². The molecular formula is C16H19N5O3. The number of carboxylic acids is 1. The number of carboxylic acid groups (broad SMARTS) is 1. The highest BCUT2D eigenvalue weighted by Gasteiger charge is 2.16. The predicted octanol–water partition coefficient (Wildman–Crippen LogP) is 1.63. The fourth-order valence-corrected chi connectivity index (χ4v) is 2.44. The number of aromatic nitrogens is 3. The zero-order valence-electron chi connectivity index (χ0n) is 13.1. The highest BCUT2D eigenvalue weighted by molar-refractivity contribution is 5.72. The third kappa shape index (κ3) is 4.39. The molecule has 2 aromatic rings. The zero-order valence-corrected chi connectivity index (χ0v) is 13.1. The largest absolute Gasteiger partial charge is 0.480 e. The predicted molar refractivity (Wildman–Crippen MR) is 88.9 cm³/mol. The second-order valence-electron chi connectivity index (χ2n) is 5.44. The normalized spacial score (nSPS) is 16.8. The van der Waals surface area contributed by atoms with Gasteiger partial charge in [-0.15, -0.1) is 0 Å². The lowest BCUT2D eigenvalue weighted by molar-refractivity contribution is -0.134. The van der Waals surface area contributed by atoms with Gasteiger partial charge in [-0.25, -0.2) is 4.98 Å². The fourth-order valence-electron chi connectivity index (χ4n) is 2.44. The van der Waals surface area contributed by atoms with Crippen molar-refractivity contribution in [2.24, 2.45) is 0 Å². The molecule has 1 atom stereocenters. The van der Waals surface area contributed by atoms with Crippen LogP contribution in [0.5, 0.6) is 0 Å². The van der Waals surface area contributed by atoms with Crippen molar-refractivity contribution in [1.82, 2.24) is 15.0 Å². The van der Waals surface area contributed by atoms with Crippen LogP contribution in [-0.4, -0.2) is 51.8 Å². The number of anilines is 2. The van der Waals surface area contributed by atoms with E-state index in [9.17, 15) is 4.79 Å². The van der Waals surface area contributed by atoms with E-state index in [2.05, 4.69) is 25.6 Å². The van der Waals surface area contributed by atoms with Gasteiger partial charge in [0.1, 0.15) is 12.4 Å². The number of hydrogen-bond acceptors (Lipinski definition) is 7. The summed E-state index contributed by atoms with van der Waals surface area (Å²) in [5.74, 6) is -0.125. The van der Waals surface area contributed by atoms with Crippen molar-refractivity contribution in [1.29, 1.82) is 0 Å². The van der Waals surface area contributed by atoms with Crippen LogP contribution in [0.3, 0.4) is 0 Å².